The smallest absolute Gasteiger partial charge is 0.408 e. The Bertz CT molecular complexity index is 1450. The fourth-order valence-electron chi connectivity index (χ4n) is 4.33. The first-order chi connectivity index (χ1) is 18.5. The summed E-state index contributed by atoms with van der Waals surface area (Å²) in [5, 5.41) is 2.73. The number of ether oxygens (including phenoxy) is 2. The number of aromatic nitrogens is 2. The standard InChI is InChI=1S/C32H37N3O4/c1-21-12-14-25(15-13-21)35-28-19-23(3)22(2)18-27(28)33-29(35)17-16-26(34-31(37)39-32(4,5)6)30(36)38-20-24-10-8-7-9-11-24/h7-15,18-19,26H,16-17,20H2,1-6H3,(H,34,37)/t26-/m1/s1. The highest BCUT2D eigenvalue weighted by Gasteiger charge is 2.27. The van der Waals surface area contributed by atoms with Crippen LogP contribution in [0.15, 0.2) is 66.7 Å². The molecule has 1 heterocycles. The third-order valence-corrected chi connectivity index (χ3v) is 6.49. The minimum atomic E-state index is -0.904. The number of esters is 1. The molecule has 4 rings (SSSR count). The molecule has 0 aliphatic heterocycles. The summed E-state index contributed by atoms with van der Waals surface area (Å²) in [5.41, 5.74) is 6.56. The number of carbonyl (C=O) groups is 2. The molecule has 0 unspecified atom stereocenters. The van der Waals surface area contributed by atoms with Crippen molar-refractivity contribution < 1.29 is 19.1 Å². The number of rotatable bonds is 8. The normalized spacial score (nSPS) is 12.3. The van der Waals surface area contributed by atoms with Crippen LogP contribution in [0.2, 0.25) is 0 Å². The van der Waals surface area contributed by atoms with Gasteiger partial charge in [-0.3, -0.25) is 4.57 Å². The zero-order valence-corrected chi connectivity index (χ0v) is 23.6. The molecule has 0 radical (unpaired) electrons. The number of imidazole rings is 1. The second-order valence-corrected chi connectivity index (χ2v) is 11.0. The van der Waals surface area contributed by atoms with E-state index in [-0.39, 0.29) is 6.61 Å². The Hall–Kier alpha value is -4.13. The fraction of sp³-hybridized carbons (Fsp3) is 0.344. The van der Waals surface area contributed by atoms with Gasteiger partial charge in [0.05, 0.1) is 11.0 Å². The number of benzene rings is 3. The summed E-state index contributed by atoms with van der Waals surface area (Å²) < 4.78 is 13.2. The molecule has 0 aliphatic rings. The molecule has 7 nitrogen and oxygen atoms in total. The molecule has 0 aliphatic carbocycles. The predicted octanol–water partition coefficient (Wildman–Crippen LogP) is 6.52. The van der Waals surface area contributed by atoms with Crippen molar-refractivity contribution in [2.45, 2.75) is 72.6 Å². The zero-order chi connectivity index (χ0) is 28.2. The highest BCUT2D eigenvalue weighted by molar-refractivity contribution is 5.82. The second-order valence-electron chi connectivity index (χ2n) is 11.0. The molecule has 7 heteroatoms. The zero-order valence-electron chi connectivity index (χ0n) is 23.6. The van der Waals surface area contributed by atoms with E-state index in [2.05, 4.69) is 67.1 Å². The Morgan fingerprint density at radius 3 is 2.28 bits per heavy atom. The molecule has 0 bridgehead atoms. The number of nitrogens with one attached hydrogen (secondary N) is 1. The fourth-order valence-corrected chi connectivity index (χ4v) is 4.33. The first-order valence-corrected chi connectivity index (χ1v) is 13.3. The van der Waals surface area contributed by atoms with Crippen LogP contribution in [0.3, 0.4) is 0 Å². The van der Waals surface area contributed by atoms with E-state index in [1.165, 1.54) is 11.1 Å². The van der Waals surface area contributed by atoms with Gasteiger partial charge in [-0.1, -0.05) is 48.0 Å². The largest absolute Gasteiger partial charge is 0.459 e. The van der Waals surface area contributed by atoms with Gasteiger partial charge in [-0.25, -0.2) is 14.6 Å². The molecule has 0 spiro atoms. The summed E-state index contributed by atoms with van der Waals surface area (Å²) in [6, 6.07) is 21.1. The number of fused-ring (bicyclic) bond motifs is 1. The van der Waals surface area contributed by atoms with Gasteiger partial charge in [0.2, 0.25) is 0 Å². The minimum absolute atomic E-state index is 0.118. The van der Waals surface area contributed by atoms with Gasteiger partial charge >= 0.3 is 12.1 Å². The van der Waals surface area contributed by atoms with Crippen LogP contribution in [-0.4, -0.2) is 33.3 Å². The van der Waals surface area contributed by atoms with Gasteiger partial charge in [0, 0.05) is 12.1 Å². The Morgan fingerprint density at radius 2 is 1.62 bits per heavy atom. The lowest BCUT2D eigenvalue weighted by Crippen LogP contribution is -2.44. The Balaban J connectivity index is 1.62. The summed E-state index contributed by atoms with van der Waals surface area (Å²) in [7, 11) is 0. The van der Waals surface area contributed by atoms with Crippen LogP contribution in [0.1, 0.15) is 55.3 Å². The van der Waals surface area contributed by atoms with Crippen molar-refractivity contribution in [1.29, 1.82) is 0 Å². The van der Waals surface area contributed by atoms with Crippen LogP contribution in [0, 0.1) is 20.8 Å². The van der Waals surface area contributed by atoms with Gasteiger partial charge in [-0.05, 0) is 88.9 Å². The molecule has 0 fully saturated rings. The van der Waals surface area contributed by atoms with Crippen LogP contribution in [0.5, 0.6) is 0 Å². The topological polar surface area (TPSA) is 82.5 Å². The van der Waals surface area contributed by atoms with E-state index in [9.17, 15) is 9.59 Å². The summed E-state index contributed by atoms with van der Waals surface area (Å²) in [5.74, 6) is 0.278. The van der Waals surface area contributed by atoms with Crippen LogP contribution in [0.4, 0.5) is 4.79 Å². The van der Waals surface area contributed by atoms with Crippen molar-refractivity contribution in [3.8, 4) is 5.69 Å². The van der Waals surface area contributed by atoms with Gasteiger partial charge in [0.15, 0.2) is 0 Å². The first kappa shape index (κ1) is 27.9. The molecular formula is C32H37N3O4. The average molecular weight is 528 g/mol. The summed E-state index contributed by atoms with van der Waals surface area (Å²) in [4.78, 5) is 30.8. The number of alkyl carbamates (subject to hydrolysis) is 1. The number of nitrogens with zero attached hydrogens (tertiary/aromatic N) is 2. The van der Waals surface area contributed by atoms with Crippen LogP contribution in [-0.2, 0) is 27.3 Å². The van der Waals surface area contributed by atoms with Crippen LogP contribution >= 0.6 is 0 Å². The molecule has 3 aromatic carbocycles. The quantitative estimate of drug-likeness (QED) is 0.264. The van der Waals surface area contributed by atoms with Crippen LogP contribution < -0.4 is 5.32 Å². The van der Waals surface area contributed by atoms with Crippen molar-refractivity contribution in [2.75, 3.05) is 0 Å². The predicted molar refractivity (Wildman–Crippen MR) is 153 cm³/mol. The van der Waals surface area contributed by atoms with Crippen LogP contribution in [0.25, 0.3) is 16.7 Å². The van der Waals surface area contributed by atoms with Gasteiger partial charge in [0.25, 0.3) is 0 Å². The lowest BCUT2D eigenvalue weighted by molar-refractivity contribution is -0.147. The molecule has 0 saturated heterocycles. The average Bonchev–Trinajstić information content (AvgIpc) is 3.22. The number of hydrogen-bond donors (Lipinski definition) is 1. The van der Waals surface area contributed by atoms with Gasteiger partial charge in [-0.2, -0.15) is 0 Å². The molecule has 204 valence electrons. The molecule has 4 aromatic rings. The van der Waals surface area contributed by atoms with E-state index >= 15 is 0 Å². The molecular weight excluding hydrogens is 490 g/mol. The summed E-state index contributed by atoms with van der Waals surface area (Å²) in [6.45, 7) is 11.7. The maximum atomic E-state index is 13.2. The Kier molecular flexibility index (Phi) is 8.38. The number of hydrogen-bond acceptors (Lipinski definition) is 5. The highest BCUT2D eigenvalue weighted by atomic mass is 16.6. The number of amides is 1. The van der Waals surface area contributed by atoms with E-state index < -0.39 is 23.7 Å². The molecule has 0 saturated carbocycles. The molecule has 39 heavy (non-hydrogen) atoms. The first-order valence-electron chi connectivity index (χ1n) is 13.3. The summed E-state index contributed by atoms with van der Waals surface area (Å²) >= 11 is 0. The number of carbonyl (C=O) groups excluding carboxylic acids is 2. The van der Waals surface area contributed by atoms with Crippen molar-refractivity contribution >= 4 is 23.1 Å². The highest BCUT2D eigenvalue weighted by Crippen LogP contribution is 2.26. The van der Waals surface area contributed by atoms with Crippen molar-refractivity contribution in [3.63, 3.8) is 0 Å². The number of aryl methyl sites for hydroxylation is 4. The van der Waals surface area contributed by atoms with E-state index in [1.54, 1.807) is 20.8 Å². The Morgan fingerprint density at radius 1 is 0.949 bits per heavy atom. The maximum Gasteiger partial charge on any atom is 0.408 e. The monoisotopic (exact) mass is 527 g/mol. The molecule has 1 aromatic heterocycles. The Labute approximate surface area is 230 Å². The van der Waals surface area contributed by atoms with E-state index in [4.69, 9.17) is 14.5 Å². The van der Waals surface area contributed by atoms with E-state index in [1.807, 2.05) is 30.3 Å². The maximum absolute atomic E-state index is 13.2. The third-order valence-electron chi connectivity index (χ3n) is 6.49. The SMILES string of the molecule is Cc1ccc(-n2c(CC[C@@H](NC(=O)OC(C)(C)C)C(=O)OCc3ccccc3)nc3cc(C)c(C)cc32)cc1. The van der Waals surface area contributed by atoms with Crippen molar-refractivity contribution in [2.24, 2.45) is 0 Å². The van der Waals surface area contributed by atoms with Gasteiger partial charge in [-0.15, -0.1) is 0 Å². The molecule has 1 atom stereocenters. The van der Waals surface area contributed by atoms with E-state index in [0.29, 0.717) is 12.8 Å². The molecule has 1 amide bonds. The second kappa shape index (κ2) is 11.7. The van der Waals surface area contributed by atoms with Crippen molar-refractivity contribution in [1.82, 2.24) is 14.9 Å². The summed E-state index contributed by atoms with van der Waals surface area (Å²) in [6.07, 6.45) is 0.0594. The van der Waals surface area contributed by atoms with E-state index in [0.717, 1.165) is 33.7 Å². The van der Waals surface area contributed by atoms with Crippen molar-refractivity contribution in [3.05, 3.63) is 94.8 Å². The molecule has 1 N–H and O–H groups in total. The lowest BCUT2D eigenvalue weighted by atomic mass is 10.1. The van der Waals surface area contributed by atoms with Gasteiger partial charge < -0.3 is 14.8 Å². The third kappa shape index (κ3) is 7.25. The van der Waals surface area contributed by atoms with Gasteiger partial charge in [0.1, 0.15) is 24.1 Å². The lowest BCUT2D eigenvalue weighted by Gasteiger charge is -2.23. The minimum Gasteiger partial charge on any atom is -0.459 e.